The lowest BCUT2D eigenvalue weighted by Crippen LogP contribution is -2.36. The Morgan fingerprint density at radius 3 is 2.19 bits per heavy atom. The lowest BCUT2D eigenvalue weighted by molar-refractivity contribution is -0.144. The predicted octanol–water partition coefficient (Wildman–Crippen LogP) is 5.89. The Morgan fingerprint density at radius 1 is 1.15 bits per heavy atom. The van der Waals surface area contributed by atoms with Crippen LogP contribution >= 0.6 is 34.2 Å². The molecule has 0 aliphatic heterocycles. The molecule has 0 fully saturated rings. The number of hydrogen-bond acceptors (Lipinski definition) is 1. The van der Waals surface area contributed by atoms with Crippen LogP contribution in [-0.4, -0.2) is 11.1 Å². The highest BCUT2D eigenvalue weighted by molar-refractivity contribution is 14.1. The molecule has 2 aromatic carbocycles. The third kappa shape index (κ3) is 3.86. The largest absolute Gasteiger partial charge is 0.481 e. The molecule has 0 saturated heterocycles. The van der Waals surface area contributed by atoms with Crippen molar-refractivity contribution in [3.05, 3.63) is 67.0 Å². The molecule has 1 atom stereocenters. The zero-order valence-electron chi connectivity index (χ0n) is 14.3. The van der Waals surface area contributed by atoms with Gasteiger partial charge in [0.1, 0.15) is 5.82 Å². The number of carboxylic acid groups (broad SMARTS) is 1. The van der Waals surface area contributed by atoms with E-state index in [1.165, 1.54) is 0 Å². The summed E-state index contributed by atoms with van der Waals surface area (Å²) >= 11 is 7.99. The number of carbonyl (C=O) groups is 1. The summed E-state index contributed by atoms with van der Waals surface area (Å²) in [6.07, 6.45) is -0.437. The molecule has 140 valence electrons. The van der Waals surface area contributed by atoms with Crippen molar-refractivity contribution in [3.63, 3.8) is 0 Å². The molecular weight excluding hydrogens is 480 g/mol. The van der Waals surface area contributed by atoms with Crippen LogP contribution in [0.1, 0.15) is 30.5 Å². The molecule has 0 bridgehead atoms. The fourth-order valence-corrected chi connectivity index (χ4v) is 3.56. The molecule has 0 aliphatic rings. The zero-order chi connectivity index (χ0) is 19.8. The van der Waals surface area contributed by atoms with Crippen molar-refractivity contribution in [2.45, 2.75) is 32.6 Å². The van der Waals surface area contributed by atoms with Gasteiger partial charge in [0.25, 0.3) is 0 Å². The summed E-state index contributed by atoms with van der Waals surface area (Å²) in [5, 5.41) is 9.13. The Kier molecular flexibility index (Phi) is 6.28. The van der Waals surface area contributed by atoms with E-state index in [9.17, 15) is 23.1 Å². The summed E-state index contributed by atoms with van der Waals surface area (Å²) in [5.41, 5.74) is -1.20. The van der Waals surface area contributed by atoms with E-state index in [1.54, 1.807) is 26.0 Å². The molecule has 2 rings (SSSR count). The highest BCUT2D eigenvalue weighted by Gasteiger charge is 2.38. The summed E-state index contributed by atoms with van der Waals surface area (Å²) < 4.78 is 43.3. The molecule has 0 aliphatic carbocycles. The molecule has 0 aromatic heterocycles. The lowest BCUT2D eigenvalue weighted by atomic mass is 9.71. The van der Waals surface area contributed by atoms with Crippen LogP contribution in [0.25, 0.3) is 0 Å². The smallest absolute Gasteiger partial charge is 0.307 e. The van der Waals surface area contributed by atoms with Gasteiger partial charge in [-0.15, -0.1) is 0 Å². The van der Waals surface area contributed by atoms with Crippen LogP contribution in [0.3, 0.4) is 0 Å². The first-order valence-corrected chi connectivity index (χ1v) is 9.24. The number of halogens is 5. The Bertz CT molecular complexity index is 822. The Labute approximate surface area is 168 Å². The molecule has 0 spiro atoms. The van der Waals surface area contributed by atoms with Gasteiger partial charge < -0.3 is 5.11 Å². The van der Waals surface area contributed by atoms with Crippen LogP contribution in [-0.2, 0) is 16.6 Å². The highest BCUT2D eigenvalue weighted by Crippen LogP contribution is 2.38. The maximum atomic E-state index is 14.4. The molecule has 26 heavy (non-hydrogen) atoms. The van der Waals surface area contributed by atoms with Gasteiger partial charge in [0.05, 0.1) is 10.9 Å². The maximum Gasteiger partial charge on any atom is 0.307 e. The van der Waals surface area contributed by atoms with Crippen molar-refractivity contribution in [3.8, 4) is 0 Å². The minimum Gasteiger partial charge on any atom is -0.481 e. The van der Waals surface area contributed by atoms with Crippen molar-refractivity contribution in [1.82, 2.24) is 0 Å². The monoisotopic (exact) mass is 496 g/mol. The second-order valence-electron chi connectivity index (χ2n) is 6.68. The van der Waals surface area contributed by atoms with Crippen LogP contribution in [0.15, 0.2) is 24.3 Å². The minimum atomic E-state index is -1.35. The quantitative estimate of drug-likeness (QED) is 0.414. The molecule has 0 heterocycles. The van der Waals surface area contributed by atoms with Crippen molar-refractivity contribution in [1.29, 1.82) is 0 Å². The molecule has 0 saturated carbocycles. The van der Waals surface area contributed by atoms with Gasteiger partial charge in [0.2, 0.25) is 0 Å². The number of aliphatic carboxylic acids is 1. The van der Waals surface area contributed by atoms with Crippen LogP contribution < -0.4 is 0 Å². The molecule has 0 radical (unpaired) electrons. The second kappa shape index (κ2) is 7.76. The van der Waals surface area contributed by atoms with Crippen molar-refractivity contribution in [2.75, 3.05) is 0 Å². The fourth-order valence-electron chi connectivity index (χ4n) is 2.90. The first kappa shape index (κ1) is 21.0. The van der Waals surface area contributed by atoms with Gasteiger partial charge in [-0.2, -0.15) is 0 Å². The third-order valence-electron chi connectivity index (χ3n) is 4.74. The number of carboxylic acids is 1. The van der Waals surface area contributed by atoms with E-state index in [0.717, 1.165) is 16.1 Å². The molecule has 2 aromatic rings. The van der Waals surface area contributed by atoms with Gasteiger partial charge in [0, 0.05) is 20.1 Å². The topological polar surface area (TPSA) is 37.3 Å². The molecule has 7 heteroatoms. The molecule has 2 nitrogen and oxygen atoms in total. The van der Waals surface area contributed by atoms with Gasteiger partial charge in [-0.3, -0.25) is 4.79 Å². The highest BCUT2D eigenvalue weighted by atomic mass is 127. The molecular formula is C19H17ClF3IO2. The van der Waals surface area contributed by atoms with Crippen molar-refractivity contribution < 1.29 is 23.1 Å². The minimum absolute atomic E-state index is 0.437. The van der Waals surface area contributed by atoms with Crippen molar-refractivity contribution in [2.24, 2.45) is 5.92 Å². The van der Waals surface area contributed by atoms with Crippen LogP contribution in [0.5, 0.6) is 0 Å². The van der Waals surface area contributed by atoms with Gasteiger partial charge in [-0.05, 0) is 53.6 Å². The lowest BCUT2D eigenvalue weighted by Gasteiger charge is -2.32. The Balaban J connectivity index is 2.54. The number of hydrogen-bond donors (Lipinski definition) is 1. The van der Waals surface area contributed by atoms with Gasteiger partial charge in [-0.25, -0.2) is 13.2 Å². The number of benzene rings is 2. The van der Waals surface area contributed by atoms with E-state index < -0.39 is 57.3 Å². The average Bonchev–Trinajstić information content (AvgIpc) is 2.58. The molecule has 1 N–H and O–H groups in total. The first-order chi connectivity index (χ1) is 12.0. The first-order valence-electron chi connectivity index (χ1n) is 7.78. The van der Waals surface area contributed by atoms with Crippen LogP contribution in [0, 0.1) is 33.9 Å². The zero-order valence-corrected chi connectivity index (χ0v) is 17.3. The normalized spacial score (nSPS) is 12.9. The van der Waals surface area contributed by atoms with Crippen LogP contribution in [0.2, 0.25) is 5.02 Å². The summed E-state index contributed by atoms with van der Waals surface area (Å²) in [7, 11) is 0. The Morgan fingerprint density at radius 2 is 1.69 bits per heavy atom. The van der Waals surface area contributed by atoms with E-state index in [1.807, 2.05) is 12.1 Å². The number of rotatable bonds is 5. The standard InChI is InChI=1S/C19H17ClF3IO2/c1-9-15(21)14(20)12(17(23)16(9)22)8-13(18(25)26)19(2,3)10-4-6-11(24)7-5-10/h4-7,13H,8H2,1-3H3,(H,25,26). The molecule has 1 unspecified atom stereocenters. The van der Waals surface area contributed by atoms with Gasteiger partial charge in [-0.1, -0.05) is 37.6 Å². The Hall–Kier alpha value is -1.28. The second-order valence-corrected chi connectivity index (χ2v) is 8.31. The fraction of sp³-hybridized carbons (Fsp3) is 0.316. The summed E-state index contributed by atoms with van der Waals surface area (Å²) in [6.45, 7) is 4.47. The van der Waals surface area contributed by atoms with Gasteiger partial charge in [0.15, 0.2) is 11.6 Å². The van der Waals surface area contributed by atoms with Crippen LogP contribution in [0.4, 0.5) is 13.2 Å². The van der Waals surface area contributed by atoms with E-state index in [2.05, 4.69) is 22.6 Å². The maximum absolute atomic E-state index is 14.4. The summed E-state index contributed by atoms with van der Waals surface area (Å²) in [6, 6.07) is 7.22. The average molecular weight is 497 g/mol. The predicted molar refractivity (Wildman–Crippen MR) is 103 cm³/mol. The van der Waals surface area contributed by atoms with E-state index >= 15 is 0 Å². The summed E-state index contributed by atoms with van der Waals surface area (Å²) in [4.78, 5) is 11.9. The molecule has 0 amide bonds. The van der Waals surface area contributed by atoms with Crippen molar-refractivity contribution >= 4 is 40.2 Å². The third-order valence-corrected chi connectivity index (χ3v) is 5.85. The van der Waals surface area contributed by atoms with E-state index in [-0.39, 0.29) is 0 Å². The SMILES string of the molecule is Cc1c(F)c(F)c(CC(C(=O)O)C(C)(C)c2ccc(I)cc2)c(Cl)c1F. The summed E-state index contributed by atoms with van der Waals surface area (Å²) in [5.74, 6) is -6.07. The van der Waals surface area contributed by atoms with E-state index in [4.69, 9.17) is 11.6 Å². The van der Waals surface area contributed by atoms with E-state index in [0.29, 0.717) is 0 Å². The van der Waals surface area contributed by atoms with Gasteiger partial charge >= 0.3 is 5.97 Å².